The van der Waals surface area contributed by atoms with E-state index >= 15 is 0 Å². The lowest BCUT2D eigenvalue weighted by Gasteiger charge is -2.16. The molecule has 0 saturated carbocycles. The average molecular weight is 440 g/mol. The Bertz CT molecular complexity index is 1150. The molecule has 1 N–H and O–H groups in total. The third kappa shape index (κ3) is 5.60. The number of carbonyl (C=O) groups is 2. The van der Waals surface area contributed by atoms with Gasteiger partial charge in [0.25, 0.3) is 0 Å². The maximum Gasteiger partial charge on any atom is 0.584 e. The van der Waals surface area contributed by atoms with Crippen LogP contribution in [0.5, 0.6) is 11.5 Å². The SMILES string of the molecule is COC(=O)c1cc(OP(=O)(O)Oc2cc(C)cc(C)c2)ccc1C(=O)c1ccccc1. The fourth-order valence-corrected chi connectivity index (χ4v) is 3.86. The molecule has 160 valence electrons. The highest BCUT2D eigenvalue weighted by molar-refractivity contribution is 7.48. The number of benzene rings is 3. The van der Waals surface area contributed by atoms with Gasteiger partial charge in [-0.3, -0.25) is 9.69 Å². The summed E-state index contributed by atoms with van der Waals surface area (Å²) in [5.41, 5.74) is 2.07. The molecular formula is C23H21O7P. The highest BCUT2D eigenvalue weighted by atomic mass is 31.2. The first-order chi connectivity index (χ1) is 14.7. The molecule has 7 nitrogen and oxygen atoms in total. The molecule has 0 aliphatic rings. The van der Waals surface area contributed by atoms with E-state index in [1.54, 1.807) is 42.5 Å². The number of methoxy groups -OCH3 is 1. The molecular weight excluding hydrogens is 419 g/mol. The van der Waals surface area contributed by atoms with Crippen LogP contribution in [-0.2, 0) is 9.30 Å². The molecule has 0 aromatic heterocycles. The third-order valence-corrected chi connectivity index (χ3v) is 5.20. The normalized spacial score (nSPS) is 12.5. The summed E-state index contributed by atoms with van der Waals surface area (Å²) in [5.74, 6) is -1.13. The quantitative estimate of drug-likeness (QED) is 0.318. The average Bonchev–Trinajstić information content (AvgIpc) is 2.71. The second kappa shape index (κ2) is 9.16. The van der Waals surface area contributed by atoms with Gasteiger partial charge in [-0.1, -0.05) is 36.4 Å². The first-order valence-corrected chi connectivity index (χ1v) is 10.8. The first-order valence-electron chi connectivity index (χ1n) is 9.31. The minimum atomic E-state index is -4.57. The number of esters is 1. The van der Waals surface area contributed by atoms with Crippen LogP contribution in [0, 0.1) is 13.8 Å². The van der Waals surface area contributed by atoms with Gasteiger partial charge in [0, 0.05) is 11.1 Å². The number of hydrogen-bond donors (Lipinski definition) is 1. The molecule has 3 rings (SSSR count). The molecule has 0 radical (unpaired) electrons. The summed E-state index contributed by atoms with van der Waals surface area (Å²) in [6, 6.07) is 17.3. The standard InChI is InChI=1S/C23H21O7P/c1-15-11-16(2)13-19(12-15)30-31(26,27)29-18-9-10-20(21(14-18)23(25)28-3)22(24)17-7-5-4-6-8-17/h4-14H,1-3H3,(H,26,27). The summed E-state index contributed by atoms with van der Waals surface area (Å²) < 4.78 is 27.5. The van der Waals surface area contributed by atoms with E-state index in [2.05, 4.69) is 0 Å². The van der Waals surface area contributed by atoms with Gasteiger partial charge in [-0.05, 0) is 55.3 Å². The van der Waals surface area contributed by atoms with Crippen LogP contribution in [0.3, 0.4) is 0 Å². The molecule has 0 bridgehead atoms. The topological polar surface area (TPSA) is 99.1 Å². The number of aryl methyl sites for hydroxylation is 2. The summed E-state index contributed by atoms with van der Waals surface area (Å²) in [4.78, 5) is 35.2. The summed E-state index contributed by atoms with van der Waals surface area (Å²) in [5, 5.41) is 0. The van der Waals surface area contributed by atoms with Gasteiger partial charge in [-0.2, -0.15) is 0 Å². The fraction of sp³-hybridized carbons (Fsp3) is 0.130. The van der Waals surface area contributed by atoms with E-state index in [1.165, 1.54) is 25.3 Å². The van der Waals surface area contributed by atoms with Gasteiger partial charge in [0.15, 0.2) is 5.78 Å². The lowest BCUT2D eigenvalue weighted by atomic mass is 9.98. The lowest BCUT2D eigenvalue weighted by molar-refractivity contribution is 0.0597. The molecule has 3 aromatic carbocycles. The Morgan fingerprint density at radius 2 is 1.42 bits per heavy atom. The molecule has 3 aromatic rings. The van der Waals surface area contributed by atoms with Gasteiger partial charge < -0.3 is 13.8 Å². The van der Waals surface area contributed by atoms with E-state index in [0.29, 0.717) is 5.56 Å². The largest absolute Gasteiger partial charge is 0.584 e. The number of carbonyl (C=O) groups excluding carboxylic acids is 2. The van der Waals surface area contributed by atoms with Gasteiger partial charge in [0.1, 0.15) is 11.5 Å². The van der Waals surface area contributed by atoms with E-state index in [4.69, 9.17) is 13.8 Å². The zero-order chi connectivity index (χ0) is 22.6. The molecule has 0 spiro atoms. The minimum Gasteiger partial charge on any atom is -0.465 e. The number of ketones is 1. The van der Waals surface area contributed by atoms with Crippen LogP contribution >= 0.6 is 7.82 Å². The summed E-state index contributed by atoms with van der Waals surface area (Å²) in [6.07, 6.45) is 0. The Morgan fingerprint density at radius 3 is 2.03 bits per heavy atom. The van der Waals surface area contributed by atoms with Gasteiger partial charge in [0.2, 0.25) is 0 Å². The van der Waals surface area contributed by atoms with E-state index in [1.807, 2.05) is 19.9 Å². The van der Waals surface area contributed by atoms with E-state index in [9.17, 15) is 19.0 Å². The van der Waals surface area contributed by atoms with Crippen molar-refractivity contribution in [2.75, 3.05) is 7.11 Å². The van der Waals surface area contributed by atoms with Crippen molar-refractivity contribution in [2.24, 2.45) is 0 Å². The number of phosphoric acid groups is 1. The Morgan fingerprint density at radius 1 is 0.806 bits per heavy atom. The zero-order valence-electron chi connectivity index (χ0n) is 17.2. The molecule has 8 heteroatoms. The highest BCUT2D eigenvalue weighted by Crippen LogP contribution is 2.45. The zero-order valence-corrected chi connectivity index (χ0v) is 18.1. The molecule has 0 aliphatic heterocycles. The van der Waals surface area contributed by atoms with E-state index in [-0.39, 0.29) is 22.6 Å². The summed E-state index contributed by atoms with van der Waals surface area (Å²) in [7, 11) is -3.40. The number of rotatable bonds is 7. The van der Waals surface area contributed by atoms with Crippen molar-refractivity contribution in [1.82, 2.24) is 0 Å². The van der Waals surface area contributed by atoms with Crippen LogP contribution in [-0.4, -0.2) is 23.8 Å². The molecule has 1 unspecified atom stereocenters. The smallest absolute Gasteiger partial charge is 0.465 e. The van der Waals surface area contributed by atoms with Crippen molar-refractivity contribution < 1.29 is 32.8 Å². The van der Waals surface area contributed by atoms with Crippen LogP contribution in [0.15, 0.2) is 66.7 Å². The maximum absolute atomic E-state index is 12.8. The fourth-order valence-electron chi connectivity index (χ4n) is 3.07. The minimum absolute atomic E-state index is 0.0772. The molecule has 0 aliphatic carbocycles. The van der Waals surface area contributed by atoms with Crippen molar-refractivity contribution >= 4 is 19.6 Å². The van der Waals surface area contributed by atoms with Crippen LogP contribution in [0.1, 0.15) is 37.4 Å². The van der Waals surface area contributed by atoms with Gasteiger partial charge in [-0.25, -0.2) is 9.36 Å². The van der Waals surface area contributed by atoms with Gasteiger partial charge in [-0.15, -0.1) is 0 Å². The summed E-state index contributed by atoms with van der Waals surface area (Å²) >= 11 is 0. The van der Waals surface area contributed by atoms with E-state index < -0.39 is 19.6 Å². The Balaban J connectivity index is 1.90. The van der Waals surface area contributed by atoms with Crippen molar-refractivity contribution in [3.05, 3.63) is 94.5 Å². The molecule has 0 amide bonds. The summed E-state index contributed by atoms with van der Waals surface area (Å²) in [6.45, 7) is 3.66. The predicted molar refractivity (Wildman–Crippen MR) is 115 cm³/mol. The predicted octanol–water partition coefficient (Wildman–Crippen LogP) is 4.88. The highest BCUT2D eigenvalue weighted by Gasteiger charge is 2.27. The molecule has 1 atom stereocenters. The monoisotopic (exact) mass is 440 g/mol. The van der Waals surface area contributed by atoms with Crippen molar-refractivity contribution in [3.8, 4) is 11.5 Å². The van der Waals surface area contributed by atoms with Crippen molar-refractivity contribution in [3.63, 3.8) is 0 Å². The molecule has 31 heavy (non-hydrogen) atoms. The van der Waals surface area contributed by atoms with Crippen LogP contribution in [0.4, 0.5) is 0 Å². The Labute approximate surface area is 179 Å². The number of ether oxygens (including phenoxy) is 1. The first kappa shape index (κ1) is 22.3. The number of hydrogen-bond acceptors (Lipinski definition) is 6. The van der Waals surface area contributed by atoms with Crippen LogP contribution in [0.2, 0.25) is 0 Å². The Hall–Kier alpha value is -3.41. The molecule has 0 fully saturated rings. The third-order valence-electron chi connectivity index (χ3n) is 4.31. The second-order valence-corrected chi connectivity index (χ2v) is 8.17. The van der Waals surface area contributed by atoms with Crippen LogP contribution < -0.4 is 9.05 Å². The Kier molecular flexibility index (Phi) is 6.59. The van der Waals surface area contributed by atoms with Crippen molar-refractivity contribution in [2.45, 2.75) is 13.8 Å². The van der Waals surface area contributed by atoms with Crippen molar-refractivity contribution in [1.29, 1.82) is 0 Å². The second-order valence-electron chi connectivity index (χ2n) is 6.87. The van der Waals surface area contributed by atoms with Gasteiger partial charge in [0.05, 0.1) is 12.7 Å². The van der Waals surface area contributed by atoms with Crippen LogP contribution in [0.25, 0.3) is 0 Å². The van der Waals surface area contributed by atoms with Gasteiger partial charge >= 0.3 is 13.8 Å². The number of phosphoric ester groups is 1. The molecule has 0 saturated heterocycles. The maximum atomic E-state index is 12.8. The lowest BCUT2D eigenvalue weighted by Crippen LogP contribution is -2.12. The van der Waals surface area contributed by atoms with E-state index in [0.717, 1.165) is 11.1 Å². The molecule has 0 heterocycles.